The van der Waals surface area contributed by atoms with E-state index < -0.39 is 0 Å². The van der Waals surface area contributed by atoms with Gasteiger partial charge in [-0.05, 0) is 31.2 Å². The molecule has 1 N–H and O–H groups in total. The topological polar surface area (TPSA) is 72.7 Å². The summed E-state index contributed by atoms with van der Waals surface area (Å²) in [5, 5.41) is 7.29. The van der Waals surface area contributed by atoms with Crippen molar-refractivity contribution in [3.05, 3.63) is 65.2 Å². The lowest BCUT2D eigenvalue weighted by Gasteiger charge is -2.07. The number of nitrogens with one attached hydrogen (secondary N) is 1. The Hall–Kier alpha value is -2.73. The average molecular weight is 314 g/mol. The van der Waals surface area contributed by atoms with Gasteiger partial charge in [0.2, 0.25) is 5.95 Å². The molecule has 0 saturated heterocycles. The van der Waals surface area contributed by atoms with Crippen LogP contribution < -0.4 is 5.32 Å². The fourth-order valence-corrected chi connectivity index (χ4v) is 2.14. The number of carbonyl (C=O) groups is 1. The number of para-hydroxylation sites is 1. The third-order valence-electron chi connectivity index (χ3n) is 2.93. The van der Waals surface area contributed by atoms with Crippen molar-refractivity contribution >= 4 is 23.5 Å². The second-order valence-corrected chi connectivity index (χ2v) is 4.94. The van der Waals surface area contributed by atoms with Crippen LogP contribution >= 0.6 is 11.6 Å². The maximum Gasteiger partial charge on any atom is 0.258 e. The van der Waals surface area contributed by atoms with Crippen LogP contribution in [0.25, 0.3) is 5.69 Å². The summed E-state index contributed by atoms with van der Waals surface area (Å²) >= 11 is 5.80. The molecule has 3 aromatic rings. The van der Waals surface area contributed by atoms with Gasteiger partial charge in [0.05, 0.1) is 5.69 Å². The maximum atomic E-state index is 12.3. The third kappa shape index (κ3) is 2.96. The number of nitrogens with zero attached hydrogens (tertiary/aromatic N) is 4. The molecule has 110 valence electrons. The summed E-state index contributed by atoms with van der Waals surface area (Å²) in [6, 6.07) is 12.5. The molecule has 6 nitrogen and oxygen atoms in total. The first-order chi connectivity index (χ1) is 10.6. The van der Waals surface area contributed by atoms with Crippen molar-refractivity contribution in [3.8, 4) is 5.69 Å². The zero-order valence-corrected chi connectivity index (χ0v) is 12.4. The van der Waals surface area contributed by atoms with E-state index in [1.807, 2.05) is 30.3 Å². The molecule has 0 saturated carbocycles. The quantitative estimate of drug-likeness (QED) is 0.755. The third-order valence-corrected chi connectivity index (χ3v) is 3.13. The summed E-state index contributed by atoms with van der Waals surface area (Å²) in [4.78, 5) is 20.4. The van der Waals surface area contributed by atoms with Gasteiger partial charge in [0.15, 0.2) is 0 Å². The number of rotatable bonds is 3. The smallest absolute Gasteiger partial charge is 0.258 e. The first-order valence-corrected chi connectivity index (χ1v) is 6.93. The fraction of sp³-hybridized carbons (Fsp3) is 0.0667. The molecule has 0 radical (unpaired) electrons. The Kier molecular flexibility index (Phi) is 3.84. The van der Waals surface area contributed by atoms with Gasteiger partial charge in [0.25, 0.3) is 5.91 Å². The molecule has 0 atom stereocenters. The number of aryl methyl sites for hydroxylation is 1. The number of anilines is 1. The standard InChI is InChI=1S/C15H12ClN5O/c1-10-18-15(21(20-10)12-5-3-2-4-6-12)19-14(22)11-7-8-17-13(16)9-11/h2-9H,1H3,(H,18,19,20,22). The highest BCUT2D eigenvalue weighted by atomic mass is 35.5. The predicted molar refractivity (Wildman–Crippen MR) is 83.3 cm³/mol. The molecule has 0 aliphatic carbocycles. The predicted octanol–water partition coefficient (Wildman–Crippen LogP) is 2.88. The molecule has 1 aromatic carbocycles. The van der Waals surface area contributed by atoms with Crippen LogP contribution in [-0.2, 0) is 0 Å². The minimum atomic E-state index is -0.325. The van der Waals surface area contributed by atoms with Gasteiger partial charge >= 0.3 is 0 Å². The Balaban J connectivity index is 1.92. The minimum Gasteiger partial charge on any atom is -0.290 e. The molecule has 1 amide bonds. The molecule has 0 aliphatic rings. The molecule has 0 aliphatic heterocycles. The van der Waals surface area contributed by atoms with Gasteiger partial charge in [0, 0.05) is 11.8 Å². The highest BCUT2D eigenvalue weighted by molar-refractivity contribution is 6.29. The van der Waals surface area contributed by atoms with E-state index in [2.05, 4.69) is 20.4 Å². The molecule has 7 heteroatoms. The second-order valence-electron chi connectivity index (χ2n) is 4.55. The van der Waals surface area contributed by atoms with E-state index in [-0.39, 0.29) is 11.1 Å². The largest absolute Gasteiger partial charge is 0.290 e. The van der Waals surface area contributed by atoms with Crippen molar-refractivity contribution in [1.82, 2.24) is 19.7 Å². The lowest BCUT2D eigenvalue weighted by molar-refractivity contribution is 0.102. The van der Waals surface area contributed by atoms with Gasteiger partial charge in [-0.3, -0.25) is 10.1 Å². The van der Waals surface area contributed by atoms with E-state index in [0.717, 1.165) is 5.69 Å². The molecule has 0 bridgehead atoms. The maximum absolute atomic E-state index is 12.3. The number of amides is 1. The molecule has 2 aromatic heterocycles. The van der Waals surface area contributed by atoms with E-state index in [4.69, 9.17) is 11.6 Å². The lowest BCUT2D eigenvalue weighted by Crippen LogP contribution is -2.16. The van der Waals surface area contributed by atoms with Crippen LogP contribution in [-0.4, -0.2) is 25.7 Å². The Labute approximate surface area is 131 Å². The molecule has 2 heterocycles. The summed E-state index contributed by atoms with van der Waals surface area (Å²) in [6.07, 6.45) is 1.48. The van der Waals surface area contributed by atoms with Crippen molar-refractivity contribution < 1.29 is 4.79 Å². The summed E-state index contributed by atoms with van der Waals surface area (Å²) in [5.74, 6) is 0.586. The first kappa shape index (κ1) is 14.2. The number of hydrogen-bond donors (Lipinski definition) is 1. The number of hydrogen-bond acceptors (Lipinski definition) is 4. The number of carbonyl (C=O) groups excluding carboxylic acids is 1. The molecule has 3 rings (SSSR count). The fourth-order valence-electron chi connectivity index (χ4n) is 1.96. The monoisotopic (exact) mass is 313 g/mol. The molecule has 0 unspecified atom stereocenters. The molecular formula is C15H12ClN5O. The minimum absolute atomic E-state index is 0.258. The number of halogens is 1. The van der Waals surface area contributed by atoms with Gasteiger partial charge in [0.1, 0.15) is 11.0 Å². The average Bonchev–Trinajstić information content (AvgIpc) is 2.88. The van der Waals surface area contributed by atoms with E-state index in [1.165, 1.54) is 12.3 Å². The number of aromatic nitrogens is 4. The Morgan fingerprint density at radius 3 is 2.73 bits per heavy atom. The normalized spacial score (nSPS) is 10.5. The summed E-state index contributed by atoms with van der Waals surface area (Å²) in [6.45, 7) is 1.76. The van der Waals surface area contributed by atoms with Crippen molar-refractivity contribution in [3.63, 3.8) is 0 Å². The zero-order chi connectivity index (χ0) is 15.5. The number of pyridine rings is 1. The zero-order valence-electron chi connectivity index (χ0n) is 11.7. The molecule has 22 heavy (non-hydrogen) atoms. The van der Waals surface area contributed by atoms with Gasteiger partial charge < -0.3 is 0 Å². The van der Waals surface area contributed by atoms with Crippen molar-refractivity contribution in [2.24, 2.45) is 0 Å². The van der Waals surface area contributed by atoms with Crippen LogP contribution in [0.4, 0.5) is 5.95 Å². The Bertz CT molecular complexity index is 816. The van der Waals surface area contributed by atoms with Crippen LogP contribution in [0.1, 0.15) is 16.2 Å². The van der Waals surface area contributed by atoms with Gasteiger partial charge in [-0.25, -0.2) is 4.98 Å². The van der Waals surface area contributed by atoms with E-state index in [0.29, 0.717) is 17.3 Å². The highest BCUT2D eigenvalue weighted by Gasteiger charge is 2.14. The Morgan fingerprint density at radius 1 is 1.23 bits per heavy atom. The number of benzene rings is 1. The SMILES string of the molecule is Cc1nc(NC(=O)c2ccnc(Cl)c2)n(-c2ccccc2)n1. The lowest BCUT2D eigenvalue weighted by atomic mass is 10.2. The van der Waals surface area contributed by atoms with E-state index >= 15 is 0 Å². The molecular weight excluding hydrogens is 302 g/mol. The summed E-state index contributed by atoms with van der Waals surface area (Å²) in [7, 11) is 0. The summed E-state index contributed by atoms with van der Waals surface area (Å²) < 4.78 is 1.58. The van der Waals surface area contributed by atoms with Crippen LogP contribution in [0, 0.1) is 6.92 Å². The van der Waals surface area contributed by atoms with Gasteiger partial charge in [-0.2, -0.15) is 9.67 Å². The molecule has 0 fully saturated rings. The van der Waals surface area contributed by atoms with Crippen molar-refractivity contribution in [2.75, 3.05) is 5.32 Å². The van der Waals surface area contributed by atoms with Crippen molar-refractivity contribution in [2.45, 2.75) is 6.92 Å². The second kappa shape index (κ2) is 5.95. The Morgan fingerprint density at radius 2 is 2.00 bits per heavy atom. The van der Waals surface area contributed by atoms with E-state index in [9.17, 15) is 4.79 Å². The first-order valence-electron chi connectivity index (χ1n) is 6.55. The van der Waals surface area contributed by atoms with Crippen LogP contribution in [0.3, 0.4) is 0 Å². The van der Waals surface area contributed by atoms with Gasteiger partial charge in [-0.1, -0.05) is 29.8 Å². The van der Waals surface area contributed by atoms with Gasteiger partial charge in [-0.15, -0.1) is 5.10 Å². The van der Waals surface area contributed by atoms with Crippen LogP contribution in [0.15, 0.2) is 48.7 Å². The summed E-state index contributed by atoms with van der Waals surface area (Å²) in [5.41, 5.74) is 1.21. The van der Waals surface area contributed by atoms with Crippen LogP contribution in [0.2, 0.25) is 5.15 Å². The van der Waals surface area contributed by atoms with Crippen LogP contribution in [0.5, 0.6) is 0 Å². The highest BCUT2D eigenvalue weighted by Crippen LogP contribution is 2.15. The van der Waals surface area contributed by atoms with E-state index in [1.54, 1.807) is 17.7 Å². The van der Waals surface area contributed by atoms with Crippen molar-refractivity contribution in [1.29, 1.82) is 0 Å². The molecule has 0 spiro atoms.